The summed E-state index contributed by atoms with van der Waals surface area (Å²) in [5.74, 6) is -0.897. The molecule has 0 aliphatic carbocycles. The van der Waals surface area contributed by atoms with Crippen LogP contribution in [0, 0.1) is 12.7 Å². The number of halogens is 1. The van der Waals surface area contributed by atoms with Crippen LogP contribution < -0.4 is 0 Å². The van der Waals surface area contributed by atoms with Gasteiger partial charge in [0.05, 0.1) is 17.1 Å². The zero-order valence-corrected chi connectivity index (χ0v) is 18.1. The third-order valence-electron chi connectivity index (χ3n) is 4.70. The molecule has 0 aliphatic heterocycles. The van der Waals surface area contributed by atoms with Crippen LogP contribution in [0.3, 0.4) is 0 Å². The number of ether oxygens (including phenoxy) is 1. The first-order valence-corrected chi connectivity index (χ1v) is 11.2. The first-order valence-electron chi connectivity index (χ1n) is 9.72. The smallest absolute Gasteiger partial charge is 0.338 e. The molecule has 0 atom stereocenters. The Bertz CT molecular complexity index is 1150. The van der Waals surface area contributed by atoms with Crippen LogP contribution in [0.5, 0.6) is 0 Å². The van der Waals surface area contributed by atoms with E-state index in [4.69, 9.17) is 4.74 Å². The fourth-order valence-corrected chi connectivity index (χ4v) is 4.51. The lowest BCUT2D eigenvalue weighted by atomic mass is 10.1. The molecule has 3 rings (SSSR count). The van der Waals surface area contributed by atoms with Crippen LogP contribution in [0.1, 0.15) is 34.0 Å². The molecular formula is C23H23FN2O4S. The number of aryl methyl sites for hydroxylation is 1. The molecule has 0 saturated carbocycles. The lowest BCUT2D eigenvalue weighted by Gasteiger charge is -2.23. The molecule has 162 valence electrons. The summed E-state index contributed by atoms with van der Waals surface area (Å²) in [5.41, 5.74) is 2.11. The molecule has 0 unspecified atom stereocenters. The number of carbonyl (C=O) groups excluding carboxylic acids is 1. The van der Waals surface area contributed by atoms with Gasteiger partial charge in [0.1, 0.15) is 5.82 Å². The molecule has 2 aromatic carbocycles. The second-order valence-electron chi connectivity index (χ2n) is 6.96. The number of rotatable bonds is 8. The third kappa shape index (κ3) is 5.53. The van der Waals surface area contributed by atoms with Crippen molar-refractivity contribution in [2.24, 2.45) is 0 Å². The van der Waals surface area contributed by atoms with Gasteiger partial charge >= 0.3 is 5.97 Å². The molecule has 0 fully saturated rings. The van der Waals surface area contributed by atoms with E-state index in [0.29, 0.717) is 11.1 Å². The van der Waals surface area contributed by atoms with Gasteiger partial charge in [-0.2, -0.15) is 4.31 Å². The molecular weight excluding hydrogens is 419 g/mol. The Kier molecular flexibility index (Phi) is 7.14. The van der Waals surface area contributed by atoms with Crippen molar-refractivity contribution in [3.63, 3.8) is 0 Å². The first-order chi connectivity index (χ1) is 14.8. The number of benzene rings is 2. The molecule has 0 aliphatic rings. The largest absolute Gasteiger partial charge is 0.462 e. The highest BCUT2D eigenvalue weighted by molar-refractivity contribution is 7.89. The van der Waals surface area contributed by atoms with Gasteiger partial charge in [-0.1, -0.05) is 12.1 Å². The van der Waals surface area contributed by atoms with E-state index in [1.165, 1.54) is 23.4 Å². The van der Waals surface area contributed by atoms with Crippen LogP contribution in [-0.4, -0.2) is 30.3 Å². The molecule has 8 heteroatoms. The van der Waals surface area contributed by atoms with E-state index >= 15 is 0 Å². The number of pyridine rings is 1. The van der Waals surface area contributed by atoms with Crippen LogP contribution in [0.15, 0.2) is 71.9 Å². The molecule has 0 amide bonds. The van der Waals surface area contributed by atoms with Crippen molar-refractivity contribution >= 4 is 16.0 Å². The van der Waals surface area contributed by atoms with Gasteiger partial charge < -0.3 is 4.74 Å². The predicted molar refractivity (Wildman–Crippen MR) is 114 cm³/mol. The van der Waals surface area contributed by atoms with Gasteiger partial charge in [-0.15, -0.1) is 0 Å². The highest BCUT2D eigenvalue weighted by Gasteiger charge is 2.26. The topological polar surface area (TPSA) is 76.6 Å². The van der Waals surface area contributed by atoms with Gasteiger partial charge in [-0.3, -0.25) is 4.98 Å². The molecule has 31 heavy (non-hydrogen) atoms. The van der Waals surface area contributed by atoms with E-state index in [1.54, 1.807) is 55.7 Å². The second kappa shape index (κ2) is 9.80. The van der Waals surface area contributed by atoms with Crippen LogP contribution in [0.25, 0.3) is 0 Å². The lowest BCUT2D eigenvalue weighted by molar-refractivity contribution is 0.0526. The van der Waals surface area contributed by atoms with Gasteiger partial charge in [-0.05, 0) is 73.0 Å². The number of aromatic nitrogens is 1. The fraction of sp³-hybridized carbons (Fsp3) is 0.217. The van der Waals surface area contributed by atoms with Crippen LogP contribution in [-0.2, 0) is 27.8 Å². The SMILES string of the molecule is CCOC(=O)c1ccc(CN(Cc2ccncc2)S(=O)(=O)c2ccc(F)c(C)c2)cc1. The molecule has 3 aromatic rings. The van der Waals surface area contributed by atoms with Crippen molar-refractivity contribution in [3.05, 3.63) is 95.1 Å². The maximum Gasteiger partial charge on any atom is 0.338 e. The number of sulfonamides is 1. The highest BCUT2D eigenvalue weighted by atomic mass is 32.2. The molecule has 0 N–H and O–H groups in total. The zero-order valence-electron chi connectivity index (χ0n) is 17.3. The molecule has 0 radical (unpaired) electrons. The summed E-state index contributed by atoms with van der Waals surface area (Å²) in [6.45, 7) is 3.71. The molecule has 0 saturated heterocycles. The van der Waals surface area contributed by atoms with Gasteiger partial charge in [0.25, 0.3) is 0 Å². The molecule has 1 heterocycles. The number of hydrogen-bond donors (Lipinski definition) is 0. The minimum absolute atomic E-state index is 0.0172. The maximum absolute atomic E-state index is 13.7. The Balaban J connectivity index is 1.93. The van der Waals surface area contributed by atoms with Crippen molar-refractivity contribution in [3.8, 4) is 0 Å². The van der Waals surface area contributed by atoms with Crippen molar-refractivity contribution < 1.29 is 22.3 Å². The minimum atomic E-state index is -3.92. The summed E-state index contributed by atoms with van der Waals surface area (Å²) in [5, 5.41) is 0. The van der Waals surface area contributed by atoms with Gasteiger partial charge in [-0.25, -0.2) is 17.6 Å². The fourth-order valence-electron chi connectivity index (χ4n) is 3.01. The maximum atomic E-state index is 13.7. The van der Waals surface area contributed by atoms with Gasteiger partial charge in [0.15, 0.2) is 0 Å². The molecule has 6 nitrogen and oxygen atoms in total. The highest BCUT2D eigenvalue weighted by Crippen LogP contribution is 2.23. The molecule has 1 aromatic heterocycles. The zero-order chi connectivity index (χ0) is 22.4. The van der Waals surface area contributed by atoms with E-state index in [1.807, 2.05) is 0 Å². The minimum Gasteiger partial charge on any atom is -0.462 e. The van der Waals surface area contributed by atoms with E-state index < -0.39 is 21.8 Å². The summed E-state index contributed by atoms with van der Waals surface area (Å²) in [6, 6.07) is 13.8. The summed E-state index contributed by atoms with van der Waals surface area (Å²) >= 11 is 0. The molecule has 0 spiro atoms. The van der Waals surface area contributed by atoms with Gasteiger partial charge in [0, 0.05) is 25.5 Å². The van der Waals surface area contributed by atoms with E-state index in [-0.39, 0.29) is 30.2 Å². The monoisotopic (exact) mass is 442 g/mol. The summed E-state index contributed by atoms with van der Waals surface area (Å²) in [7, 11) is -3.92. The van der Waals surface area contributed by atoms with Crippen molar-refractivity contribution in [2.75, 3.05) is 6.61 Å². The Morgan fingerprint density at radius 1 is 1.00 bits per heavy atom. The van der Waals surface area contributed by atoms with Crippen LogP contribution >= 0.6 is 0 Å². The first kappa shape index (κ1) is 22.6. The summed E-state index contributed by atoms with van der Waals surface area (Å²) in [6.07, 6.45) is 3.19. The standard InChI is InChI=1S/C23H23FN2O4S/c1-3-30-23(27)20-6-4-18(5-7-20)15-26(16-19-10-12-25-13-11-19)31(28,29)21-8-9-22(24)17(2)14-21/h4-14H,3,15-16H2,1-2H3. The Morgan fingerprint density at radius 3 is 2.19 bits per heavy atom. The quantitative estimate of drug-likeness (QED) is 0.491. The Morgan fingerprint density at radius 2 is 1.61 bits per heavy atom. The summed E-state index contributed by atoms with van der Waals surface area (Å²) in [4.78, 5) is 15.8. The van der Waals surface area contributed by atoms with Crippen LogP contribution in [0.2, 0.25) is 0 Å². The van der Waals surface area contributed by atoms with Gasteiger partial charge in [0.2, 0.25) is 10.0 Å². The predicted octanol–water partition coefficient (Wildman–Crippen LogP) is 4.10. The third-order valence-corrected chi connectivity index (χ3v) is 6.49. The number of nitrogens with zero attached hydrogens (tertiary/aromatic N) is 2. The molecule has 0 bridgehead atoms. The average Bonchev–Trinajstić information content (AvgIpc) is 2.76. The normalized spacial score (nSPS) is 11.5. The second-order valence-corrected chi connectivity index (χ2v) is 8.89. The van der Waals surface area contributed by atoms with Crippen LogP contribution in [0.4, 0.5) is 4.39 Å². The van der Waals surface area contributed by atoms with E-state index in [9.17, 15) is 17.6 Å². The Labute approximate surface area is 181 Å². The van der Waals surface area contributed by atoms with E-state index in [0.717, 1.165) is 11.6 Å². The Hall–Kier alpha value is -3.10. The van der Waals surface area contributed by atoms with Crippen molar-refractivity contribution in [1.29, 1.82) is 0 Å². The average molecular weight is 443 g/mol. The number of carbonyl (C=O) groups is 1. The van der Waals surface area contributed by atoms with E-state index in [2.05, 4.69) is 4.98 Å². The summed E-state index contributed by atoms with van der Waals surface area (Å²) < 4.78 is 46.7. The number of hydrogen-bond acceptors (Lipinski definition) is 5. The van der Waals surface area contributed by atoms with Crippen molar-refractivity contribution in [1.82, 2.24) is 9.29 Å². The van der Waals surface area contributed by atoms with Crippen molar-refractivity contribution in [2.45, 2.75) is 31.8 Å². The lowest BCUT2D eigenvalue weighted by Crippen LogP contribution is -2.30. The number of esters is 1.